The number of carbonyl (C=O) groups excluding carboxylic acids is 1. The lowest BCUT2D eigenvalue weighted by Crippen LogP contribution is -2.38. The fourth-order valence-electron chi connectivity index (χ4n) is 3.18. The fourth-order valence-corrected chi connectivity index (χ4v) is 5.29. The molecule has 9 nitrogen and oxygen atoms in total. The van der Waals surface area contributed by atoms with Crippen molar-refractivity contribution in [2.75, 3.05) is 40.9 Å². The summed E-state index contributed by atoms with van der Waals surface area (Å²) in [6.45, 7) is -0.597. The van der Waals surface area contributed by atoms with Crippen LogP contribution in [0.1, 0.15) is 0 Å². The molecular formula is C23H24ClN3O6S2. The van der Waals surface area contributed by atoms with Crippen LogP contribution in [0.15, 0.2) is 77.7 Å². The number of ether oxygens (including phenoxy) is 1. The summed E-state index contributed by atoms with van der Waals surface area (Å²) in [6, 6.07) is 18.3. The Balaban J connectivity index is 1.98. The first kappa shape index (κ1) is 26.3. The molecule has 0 heterocycles. The van der Waals surface area contributed by atoms with Gasteiger partial charge in [-0.15, -0.1) is 0 Å². The van der Waals surface area contributed by atoms with Crippen molar-refractivity contribution in [2.24, 2.45) is 0 Å². The molecule has 12 heteroatoms. The van der Waals surface area contributed by atoms with Crippen LogP contribution >= 0.6 is 11.6 Å². The molecule has 0 saturated carbocycles. The van der Waals surface area contributed by atoms with Crippen molar-refractivity contribution in [1.29, 1.82) is 0 Å². The molecule has 35 heavy (non-hydrogen) atoms. The molecule has 0 aliphatic heterocycles. The van der Waals surface area contributed by atoms with Gasteiger partial charge in [-0.3, -0.25) is 13.4 Å². The van der Waals surface area contributed by atoms with Gasteiger partial charge in [0, 0.05) is 17.8 Å². The van der Waals surface area contributed by atoms with Crippen LogP contribution in [0.2, 0.25) is 5.02 Å². The van der Waals surface area contributed by atoms with Crippen molar-refractivity contribution < 1.29 is 26.4 Å². The van der Waals surface area contributed by atoms with Gasteiger partial charge in [0.1, 0.15) is 12.3 Å². The molecule has 0 atom stereocenters. The summed E-state index contributed by atoms with van der Waals surface area (Å²) in [5.41, 5.74) is 0.707. The van der Waals surface area contributed by atoms with Gasteiger partial charge >= 0.3 is 0 Å². The van der Waals surface area contributed by atoms with Crippen molar-refractivity contribution in [2.45, 2.75) is 4.90 Å². The first-order valence-electron chi connectivity index (χ1n) is 10.2. The third-order valence-electron chi connectivity index (χ3n) is 5.02. The molecule has 0 bridgehead atoms. The third-order valence-corrected chi connectivity index (χ3v) is 8.23. The van der Waals surface area contributed by atoms with Gasteiger partial charge in [-0.1, -0.05) is 35.9 Å². The average Bonchev–Trinajstić information content (AvgIpc) is 2.82. The Kier molecular flexibility index (Phi) is 7.93. The number of benzene rings is 3. The van der Waals surface area contributed by atoms with E-state index in [0.717, 1.165) is 14.9 Å². The monoisotopic (exact) mass is 537 g/mol. The van der Waals surface area contributed by atoms with E-state index in [4.69, 9.17) is 16.3 Å². The van der Waals surface area contributed by atoms with Crippen molar-refractivity contribution in [3.8, 4) is 5.75 Å². The summed E-state index contributed by atoms with van der Waals surface area (Å²) in [6.07, 6.45) is 1.06. The van der Waals surface area contributed by atoms with E-state index >= 15 is 0 Å². The van der Waals surface area contributed by atoms with Crippen LogP contribution in [0.4, 0.5) is 17.1 Å². The number of nitrogens with zero attached hydrogens (tertiary/aromatic N) is 2. The first-order chi connectivity index (χ1) is 16.4. The molecule has 3 aromatic carbocycles. The van der Waals surface area contributed by atoms with Gasteiger partial charge in [0.25, 0.3) is 10.0 Å². The third kappa shape index (κ3) is 6.24. The van der Waals surface area contributed by atoms with Gasteiger partial charge in [0.2, 0.25) is 15.9 Å². The normalized spacial score (nSPS) is 11.5. The maximum Gasteiger partial charge on any atom is 0.264 e. The number of hydrogen-bond donors (Lipinski definition) is 1. The Hall–Kier alpha value is -3.28. The van der Waals surface area contributed by atoms with Crippen LogP contribution < -0.4 is 18.7 Å². The largest absolute Gasteiger partial charge is 0.495 e. The van der Waals surface area contributed by atoms with E-state index in [1.54, 1.807) is 42.5 Å². The molecule has 1 amide bonds. The van der Waals surface area contributed by atoms with Gasteiger partial charge in [0.05, 0.1) is 29.6 Å². The summed E-state index contributed by atoms with van der Waals surface area (Å²) < 4.78 is 58.0. The van der Waals surface area contributed by atoms with E-state index in [1.807, 2.05) is 0 Å². The van der Waals surface area contributed by atoms with E-state index in [2.05, 4.69) is 5.32 Å². The molecular weight excluding hydrogens is 514 g/mol. The molecule has 0 spiro atoms. The molecule has 3 aromatic rings. The Morgan fingerprint density at radius 3 is 2.29 bits per heavy atom. The molecule has 186 valence electrons. The van der Waals surface area contributed by atoms with Gasteiger partial charge in [-0.25, -0.2) is 16.8 Å². The van der Waals surface area contributed by atoms with E-state index in [9.17, 15) is 21.6 Å². The highest BCUT2D eigenvalue weighted by atomic mass is 35.5. The number of rotatable bonds is 9. The zero-order valence-corrected chi connectivity index (χ0v) is 21.6. The molecule has 0 fully saturated rings. The molecule has 1 N–H and O–H groups in total. The summed E-state index contributed by atoms with van der Waals surface area (Å²) in [4.78, 5) is 13.0. The summed E-state index contributed by atoms with van der Waals surface area (Å²) in [7, 11) is -4.93. The lowest BCUT2D eigenvalue weighted by molar-refractivity contribution is -0.114. The van der Waals surface area contributed by atoms with E-state index in [0.29, 0.717) is 5.69 Å². The van der Waals surface area contributed by atoms with Gasteiger partial charge < -0.3 is 10.1 Å². The van der Waals surface area contributed by atoms with Gasteiger partial charge in [0.15, 0.2) is 0 Å². The Morgan fingerprint density at radius 2 is 1.66 bits per heavy atom. The highest BCUT2D eigenvalue weighted by molar-refractivity contribution is 7.93. The van der Waals surface area contributed by atoms with Crippen LogP contribution in [0.3, 0.4) is 0 Å². The standard InChI is InChI=1S/C23H24ClN3O6S2/c1-26(34(3,29)30)19-9-7-8-18(15-19)25-23(28)16-27(21-14-17(24)12-13-22(21)33-2)35(31,32)20-10-5-4-6-11-20/h4-15H,16H2,1-3H3,(H,25,28). The number of carbonyl (C=O) groups is 1. The Labute approximate surface area is 210 Å². The first-order valence-corrected chi connectivity index (χ1v) is 13.9. The van der Waals surface area contributed by atoms with Crippen LogP contribution in [-0.2, 0) is 24.8 Å². The number of anilines is 3. The van der Waals surface area contributed by atoms with Crippen LogP contribution in [-0.4, -0.2) is 49.7 Å². The Bertz CT molecular complexity index is 1430. The molecule has 0 saturated heterocycles. The lowest BCUT2D eigenvalue weighted by Gasteiger charge is -2.26. The molecule has 3 rings (SSSR count). The Morgan fingerprint density at radius 1 is 0.971 bits per heavy atom. The minimum Gasteiger partial charge on any atom is -0.495 e. The highest BCUT2D eigenvalue weighted by Crippen LogP contribution is 2.35. The summed E-state index contributed by atoms with van der Waals surface area (Å²) >= 11 is 6.13. The molecule has 0 unspecified atom stereocenters. The van der Waals surface area contributed by atoms with Crippen molar-refractivity contribution >= 4 is 54.6 Å². The van der Waals surface area contributed by atoms with E-state index in [1.165, 1.54) is 44.5 Å². The second-order valence-electron chi connectivity index (χ2n) is 7.47. The van der Waals surface area contributed by atoms with Crippen molar-refractivity contribution in [3.63, 3.8) is 0 Å². The SMILES string of the molecule is COc1ccc(Cl)cc1N(CC(=O)Nc1cccc(N(C)S(C)(=O)=O)c1)S(=O)(=O)c1ccccc1. The summed E-state index contributed by atoms with van der Waals surface area (Å²) in [5, 5.41) is 2.88. The van der Waals surface area contributed by atoms with Crippen molar-refractivity contribution in [1.82, 2.24) is 0 Å². The molecule has 0 aliphatic carbocycles. The van der Waals surface area contributed by atoms with Gasteiger partial charge in [-0.2, -0.15) is 0 Å². The maximum atomic E-state index is 13.5. The average molecular weight is 538 g/mol. The number of nitrogens with one attached hydrogen (secondary N) is 1. The number of halogens is 1. The van der Waals surface area contributed by atoms with Gasteiger partial charge in [-0.05, 0) is 48.5 Å². The predicted molar refractivity (Wildman–Crippen MR) is 137 cm³/mol. The second-order valence-corrected chi connectivity index (χ2v) is 11.8. The van der Waals surface area contributed by atoms with E-state index in [-0.39, 0.29) is 27.0 Å². The lowest BCUT2D eigenvalue weighted by atomic mass is 10.2. The van der Waals surface area contributed by atoms with Crippen LogP contribution in [0.5, 0.6) is 5.75 Å². The smallest absolute Gasteiger partial charge is 0.264 e. The number of amides is 1. The minimum atomic E-state index is -4.19. The molecule has 0 aliphatic rings. The zero-order valence-electron chi connectivity index (χ0n) is 19.2. The second kappa shape index (κ2) is 10.5. The quantitative estimate of drug-likeness (QED) is 0.446. The zero-order chi connectivity index (χ0) is 25.8. The molecule has 0 aromatic heterocycles. The predicted octanol–water partition coefficient (Wildman–Crippen LogP) is 3.58. The maximum absolute atomic E-state index is 13.5. The van der Waals surface area contributed by atoms with Crippen LogP contribution in [0.25, 0.3) is 0 Å². The number of methoxy groups -OCH3 is 1. The van der Waals surface area contributed by atoms with E-state index < -0.39 is 32.5 Å². The topological polar surface area (TPSA) is 113 Å². The number of sulfonamides is 2. The minimum absolute atomic E-state index is 0.0217. The number of hydrogen-bond acceptors (Lipinski definition) is 6. The fraction of sp³-hybridized carbons (Fsp3) is 0.174. The summed E-state index contributed by atoms with van der Waals surface area (Å²) in [5.74, 6) is -0.454. The van der Waals surface area contributed by atoms with Crippen LogP contribution in [0, 0.1) is 0 Å². The van der Waals surface area contributed by atoms with Crippen molar-refractivity contribution in [3.05, 3.63) is 77.8 Å². The highest BCUT2D eigenvalue weighted by Gasteiger charge is 2.29. The molecule has 0 radical (unpaired) electrons.